The Labute approximate surface area is 109 Å². The fraction of sp³-hybridized carbons (Fsp3) is 0.571. The highest BCUT2D eigenvalue weighted by molar-refractivity contribution is 7.99. The van der Waals surface area contributed by atoms with Crippen LogP contribution in [0, 0.1) is 0 Å². The molecule has 0 spiro atoms. The molecule has 1 aliphatic heterocycles. The normalized spacial score (nSPS) is 15.8. The second kappa shape index (κ2) is 6.31. The molecule has 2 N–H and O–H groups in total. The van der Waals surface area contributed by atoms with Crippen molar-refractivity contribution < 1.29 is 0 Å². The predicted molar refractivity (Wildman–Crippen MR) is 77.5 cm³/mol. The molecule has 0 aliphatic carbocycles. The van der Waals surface area contributed by atoms with Crippen LogP contribution in [0.15, 0.2) is 18.2 Å². The van der Waals surface area contributed by atoms with E-state index in [2.05, 4.69) is 24.0 Å². The summed E-state index contributed by atoms with van der Waals surface area (Å²) >= 11 is 2.03. The van der Waals surface area contributed by atoms with Gasteiger partial charge in [0.2, 0.25) is 0 Å². The van der Waals surface area contributed by atoms with Gasteiger partial charge in [-0.1, -0.05) is 19.1 Å². The molecule has 0 aromatic heterocycles. The van der Waals surface area contributed by atoms with Gasteiger partial charge in [0.15, 0.2) is 0 Å². The fourth-order valence-corrected chi connectivity index (χ4v) is 3.01. The molecule has 1 heterocycles. The summed E-state index contributed by atoms with van der Waals surface area (Å²) in [5.41, 5.74) is 9.83. The molecule has 1 aliphatic rings. The molecule has 0 unspecified atom stereocenters. The van der Waals surface area contributed by atoms with Crippen LogP contribution in [0.3, 0.4) is 0 Å². The zero-order valence-electron chi connectivity index (χ0n) is 10.6. The first-order valence-corrected chi connectivity index (χ1v) is 7.63. The molecule has 2 rings (SSSR count). The number of thioether (sulfide) groups is 1. The van der Waals surface area contributed by atoms with E-state index in [1.54, 1.807) is 0 Å². The summed E-state index contributed by atoms with van der Waals surface area (Å²) < 4.78 is 0. The average Bonchev–Trinajstić information content (AvgIpc) is 2.36. The van der Waals surface area contributed by atoms with Crippen LogP contribution in [0.2, 0.25) is 0 Å². The minimum Gasteiger partial charge on any atom is -0.398 e. The largest absolute Gasteiger partial charge is 0.398 e. The van der Waals surface area contributed by atoms with Gasteiger partial charge in [0.25, 0.3) is 0 Å². The Morgan fingerprint density at radius 1 is 1.41 bits per heavy atom. The molecule has 17 heavy (non-hydrogen) atoms. The van der Waals surface area contributed by atoms with E-state index in [-0.39, 0.29) is 0 Å². The van der Waals surface area contributed by atoms with Gasteiger partial charge in [-0.15, -0.1) is 0 Å². The first-order valence-electron chi connectivity index (χ1n) is 6.47. The summed E-state index contributed by atoms with van der Waals surface area (Å²) in [6.07, 6.45) is 2.45. The molecule has 0 saturated heterocycles. The van der Waals surface area contributed by atoms with Crippen LogP contribution >= 0.6 is 11.8 Å². The number of nitrogen functional groups attached to an aromatic ring is 1. The second-order valence-corrected chi connectivity index (χ2v) is 5.96. The predicted octanol–water partition coefficient (Wildman–Crippen LogP) is 2.77. The summed E-state index contributed by atoms with van der Waals surface area (Å²) in [4.78, 5) is 2.54. The monoisotopic (exact) mass is 250 g/mol. The first kappa shape index (κ1) is 12.8. The molecule has 1 aromatic carbocycles. The summed E-state index contributed by atoms with van der Waals surface area (Å²) in [5, 5.41) is 0. The molecule has 0 bridgehead atoms. The van der Waals surface area contributed by atoms with Crippen molar-refractivity contribution in [2.24, 2.45) is 0 Å². The lowest BCUT2D eigenvalue weighted by atomic mass is 9.98. The number of nitrogens with zero attached hydrogens (tertiary/aromatic N) is 1. The van der Waals surface area contributed by atoms with E-state index < -0.39 is 0 Å². The van der Waals surface area contributed by atoms with E-state index in [0.717, 1.165) is 18.7 Å². The molecule has 94 valence electrons. The smallest absolute Gasteiger partial charge is 0.0362 e. The Morgan fingerprint density at radius 3 is 3.12 bits per heavy atom. The zero-order chi connectivity index (χ0) is 12.1. The maximum atomic E-state index is 6.05. The van der Waals surface area contributed by atoms with Crippen LogP contribution in [0.25, 0.3) is 0 Å². The third-order valence-corrected chi connectivity index (χ3v) is 4.34. The molecule has 0 saturated carbocycles. The average molecular weight is 250 g/mol. The Kier molecular flexibility index (Phi) is 4.75. The highest BCUT2D eigenvalue weighted by Crippen LogP contribution is 2.24. The van der Waals surface area contributed by atoms with Crippen molar-refractivity contribution in [3.8, 4) is 0 Å². The molecule has 0 radical (unpaired) electrons. The molecule has 2 nitrogen and oxygen atoms in total. The Balaban J connectivity index is 1.87. The van der Waals surface area contributed by atoms with Crippen LogP contribution in [0.1, 0.15) is 24.5 Å². The van der Waals surface area contributed by atoms with Crippen LogP contribution in [-0.2, 0) is 13.0 Å². The molecule has 0 amide bonds. The molecule has 0 fully saturated rings. The van der Waals surface area contributed by atoms with Crippen molar-refractivity contribution in [1.82, 2.24) is 4.90 Å². The van der Waals surface area contributed by atoms with Crippen molar-refractivity contribution in [3.63, 3.8) is 0 Å². The van der Waals surface area contributed by atoms with E-state index >= 15 is 0 Å². The van der Waals surface area contributed by atoms with Crippen LogP contribution in [-0.4, -0.2) is 29.5 Å². The van der Waals surface area contributed by atoms with Gasteiger partial charge in [-0.25, -0.2) is 0 Å². The molecule has 3 heteroatoms. The summed E-state index contributed by atoms with van der Waals surface area (Å²) in [6, 6.07) is 6.31. The number of hydrogen-bond acceptors (Lipinski definition) is 3. The van der Waals surface area contributed by atoms with Gasteiger partial charge in [0.1, 0.15) is 0 Å². The van der Waals surface area contributed by atoms with Gasteiger partial charge >= 0.3 is 0 Å². The minimum absolute atomic E-state index is 0.968. The fourth-order valence-electron chi connectivity index (χ4n) is 2.39. The lowest BCUT2D eigenvalue weighted by Gasteiger charge is -2.29. The van der Waals surface area contributed by atoms with Gasteiger partial charge in [0.05, 0.1) is 0 Å². The number of nitrogens with two attached hydrogens (primary N) is 1. The van der Waals surface area contributed by atoms with Crippen molar-refractivity contribution in [3.05, 3.63) is 29.3 Å². The number of rotatable bonds is 5. The van der Waals surface area contributed by atoms with Crippen LogP contribution < -0.4 is 5.73 Å². The summed E-state index contributed by atoms with van der Waals surface area (Å²) in [7, 11) is 0. The van der Waals surface area contributed by atoms with Gasteiger partial charge in [-0.3, -0.25) is 4.90 Å². The van der Waals surface area contributed by atoms with Gasteiger partial charge < -0.3 is 5.73 Å². The quantitative estimate of drug-likeness (QED) is 0.643. The lowest BCUT2D eigenvalue weighted by molar-refractivity contribution is 0.256. The molecule has 1 aromatic rings. The lowest BCUT2D eigenvalue weighted by Crippen LogP contribution is -2.32. The highest BCUT2D eigenvalue weighted by Gasteiger charge is 2.17. The molecule has 0 atom stereocenters. The topological polar surface area (TPSA) is 29.3 Å². The second-order valence-electron chi connectivity index (χ2n) is 4.56. The van der Waals surface area contributed by atoms with Gasteiger partial charge in [0, 0.05) is 18.8 Å². The third-order valence-electron chi connectivity index (χ3n) is 3.36. The van der Waals surface area contributed by atoms with Gasteiger partial charge in [-0.05, 0) is 48.1 Å². The van der Waals surface area contributed by atoms with E-state index in [4.69, 9.17) is 5.73 Å². The van der Waals surface area contributed by atoms with Crippen molar-refractivity contribution in [2.45, 2.75) is 26.3 Å². The number of anilines is 1. The maximum absolute atomic E-state index is 6.05. The zero-order valence-corrected chi connectivity index (χ0v) is 11.4. The van der Waals surface area contributed by atoms with Crippen molar-refractivity contribution >= 4 is 17.4 Å². The minimum atomic E-state index is 0.968. The Bertz CT molecular complexity index is 365. The van der Waals surface area contributed by atoms with E-state index in [0.29, 0.717) is 0 Å². The first-order chi connectivity index (χ1) is 8.31. The number of hydrogen-bond donors (Lipinski definition) is 1. The van der Waals surface area contributed by atoms with E-state index in [1.807, 2.05) is 17.8 Å². The maximum Gasteiger partial charge on any atom is 0.0362 e. The summed E-state index contributed by atoms with van der Waals surface area (Å²) in [6.45, 7) is 5.66. The Morgan fingerprint density at radius 2 is 2.29 bits per heavy atom. The van der Waals surface area contributed by atoms with Crippen molar-refractivity contribution in [2.75, 3.05) is 30.3 Å². The SMILES string of the molecule is CCSCCCN1CCc2cccc(N)c2C1. The van der Waals surface area contributed by atoms with E-state index in [1.165, 1.54) is 42.1 Å². The Hall–Kier alpha value is -0.670. The van der Waals surface area contributed by atoms with Crippen LogP contribution in [0.5, 0.6) is 0 Å². The summed E-state index contributed by atoms with van der Waals surface area (Å²) in [5.74, 6) is 2.51. The van der Waals surface area contributed by atoms with E-state index in [9.17, 15) is 0 Å². The third kappa shape index (κ3) is 3.39. The van der Waals surface area contributed by atoms with Gasteiger partial charge in [-0.2, -0.15) is 11.8 Å². The molecular weight excluding hydrogens is 228 g/mol. The van der Waals surface area contributed by atoms with Crippen LogP contribution in [0.4, 0.5) is 5.69 Å². The van der Waals surface area contributed by atoms with Crippen molar-refractivity contribution in [1.29, 1.82) is 0 Å². The standard InChI is InChI=1S/C14H22N2S/c1-2-17-10-4-8-16-9-7-12-5-3-6-14(15)13(12)11-16/h3,5-6H,2,4,7-11,15H2,1H3. The number of fused-ring (bicyclic) bond motifs is 1. The molecular formula is C14H22N2S. The highest BCUT2D eigenvalue weighted by atomic mass is 32.2. The number of benzene rings is 1.